The summed E-state index contributed by atoms with van der Waals surface area (Å²) in [5, 5.41) is 0. The van der Waals surface area contributed by atoms with Gasteiger partial charge in [-0.15, -0.1) is 12.4 Å². The van der Waals surface area contributed by atoms with Gasteiger partial charge in [-0.25, -0.2) is 4.39 Å². The van der Waals surface area contributed by atoms with Gasteiger partial charge in [-0.3, -0.25) is 0 Å². The van der Waals surface area contributed by atoms with Gasteiger partial charge in [0.25, 0.3) is 0 Å². The molecule has 3 heteroatoms. The third-order valence-electron chi connectivity index (χ3n) is 1.65. The molecule has 1 saturated carbocycles. The highest BCUT2D eigenvalue weighted by molar-refractivity contribution is 5.85. The SMILES string of the molecule is Cl.N[C@@H]1CCC[C@H](F)C1. The Labute approximate surface area is 61.2 Å². The quantitative estimate of drug-likeness (QED) is 0.563. The van der Waals surface area contributed by atoms with Crippen LogP contribution in [0.4, 0.5) is 4.39 Å². The van der Waals surface area contributed by atoms with Crippen molar-refractivity contribution in [2.75, 3.05) is 0 Å². The van der Waals surface area contributed by atoms with E-state index < -0.39 is 6.17 Å². The first-order valence-electron chi connectivity index (χ1n) is 3.18. The number of hydrogen-bond acceptors (Lipinski definition) is 1. The first kappa shape index (κ1) is 9.18. The van der Waals surface area contributed by atoms with Gasteiger partial charge in [0.2, 0.25) is 0 Å². The predicted octanol–water partition coefficient (Wildman–Crippen LogP) is 1.65. The molecule has 0 aliphatic heterocycles. The van der Waals surface area contributed by atoms with Crippen LogP contribution in [-0.2, 0) is 0 Å². The molecule has 2 atom stereocenters. The van der Waals surface area contributed by atoms with Crippen LogP contribution in [-0.4, -0.2) is 12.2 Å². The van der Waals surface area contributed by atoms with Crippen LogP contribution < -0.4 is 5.73 Å². The van der Waals surface area contributed by atoms with Crippen LogP contribution in [0.5, 0.6) is 0 Å². The van der Waals surface area contributed by atoms with Gasteiger partial charge in [0.05, 0.1) is 0 Å². The van der Waals surface area contributed by atoms with Crippen LogP contribution in [0.3, 0.4) is 0 Å². The zero-order valence-corrected chi connectivity index (χ0v) is 6.16. The zero-order chi connectivity index (χ0) is 5.98. The maximum atomic E-state index is 12.4. The molecule has 0 aromatic rings. The number of rotatable bonds is 0. The van der Waals surface area contributed by atoms with Crippen molar-refractivity contribution in [2.24, 2.45) is 5.73 Å². The number of halogens is 2. The molecule has 0 saturated heterocycles. The number of nitrogens with two attached hydrogens (primary N) is 1. The van der Waals surface area contributed by atoms with E-state index in [9.17, 15) is 4.39 Å². The Morgan fingerprint density at radius 2 is 2.00 bits per heavy atom. The second kappa shape index (κ2) is 4.07. The van der Waals surface area contributed by atoms with E-state index in [1.165, 1.54) is 0 Å². The molecule has 2 N–H and O–H groups in total. The smallest absolute Gasteiger partial charge is 0.102 e. The summed E-state index contributed by atoms with van der Waals surface area (Å²) >= 11 is 0. The molecule has 9 heavy (non-hydrogen) atoms. The van der Waals surface area contributed by atoms with Crippen LogP contribution in [0.1, 0.15) is 25.7 Å². The predicted molar refractivity (Wildman–Crippen MR) is 38.6 cm³/mol. The van der Waals surface area contributed by atoms with Gasteiger partial charge in [-0.2, -0.15) is 0 Å². The Hall–Kier alpha value is 0.180. The summed E-state index contributed by atoms with van der Waals surface area (Å²) in [6, 6.07) is 0.138. The fourth-order valence-electron chi connectivity index (χ4n) is 1.17. The lowest BCUT2D eigenvalue weighted by Crippen LogP contribution is -2.28. The Morgan fingerprint density at radius 1 is 1.33 bits per heavy atom. The van der Waals surface area contributed by atoms with Crippen molar-refractivity contribution < 1.29 is 4.39 Å². The van der Waals surface area contributed by atoms with Crippen molar-refractivity contribution in [3.05, 3.63) is 0 Å². The average molecular weight is 154 g/mol. The number of hydrogen-bond donors (Lipinski definition) is 1. The molecule has 0 spiro atoms. The van der Waals surface area contributed by atoms with Crippen LogP contribution in [0.2, 0.25) is 0 Å². The van der Waals surface area contributed by atoms with Crippen molar-refractivity contribution in [2.45, 2.75) is 37.9 Å². The fraction of sp³-hybridized carbons (Fsp3) is 1.00. The van der Waals surface area contributed by atoms with E-state index in [0.29, 0.717) is 6.42 Å². The lowest BCUT2D eigenvalue weighted by atomic mass is 9.95. The molecular weight excluding hydrogens is 141 g/mol. The largest absolute Gasteiger partial charge is 0.328 e. The van der Waals surface area contributed by atoms with Crippen molar-refractivity contribution in [1.29, 1.82) is 0 Å². The average Bonchev–Trinajstić information content (AvgIpc) is 1.64. The second-order valence-electron chi connectivity index (χ2n) is 2.52. The van der Waals surface area contributed by atoms with Gasteiger partial charge < -0.3 is 5.73 Å². The summed E-state index contributed by atoms with van der Waals surface area (Å²) in [4.78, 5) is 0. The van der Waals surface area contributed by atoms with Crippen molar-refractivity contribution in [3.8, 4) is 0 Å². The van der Waals surface area contributed by atoms with E-state index in [2.05, 4.69) is 0 Å². The van der Waals surface area contributed by atoms with Crippen molar-refractivity contribution in [3.63, 3.8) is 0 Å². The van der Waals surface area contributed by atoms with Gasteiger partial charge in [0, 0.05) is 6.04 Å². The van der Waals surface area contributed by atoms with E-state index in [1.54, 1.807) is 0 Å². The molecular formula is C6H13ClFN. The highest BCUT2D eigenvalue weighted by atomic mass is 35.5. The molecule has 0 radical (unpaired) electrons. The summed E-state index contributed by atoms with van der Waals surface area (Å²) < 4.78 is 12.4. The number of alkyl halides is 1. The minimum Gasteiger partial charge on any atom is -0.328 e. The van der Waals surface area contributed by atoms with E-state index in [0.717, 1.165) is 19.3 Å². The Kier molecular flexibility index (Phi) is 4.15. The lowest BCUT2D eigenvalue weighted by Gasteiger charge is -2.19. The second-order valence-corrected chi connectivity index (χ2v) is 2.52. The van der Waals surface area contributed by atoms with Gasteiger partial charge >= 0.3 is 0 Å². The molecule has 0 heterocycles. The Bertz CT molecular complexity index is 71.5. The molecule has 1 aliphatic carbocycles. The molecule has 0 aromatic heterocycles. The summed E-state index contributed by atoms with van der Waals surface area (Å²) in [6.07, 6.45) is 2.69. The van der Waals surface area contributed by atoms with Crippen molar-refractivity contribution in [1.82, 2.24) is 0 Å². The van der Waals surface area contributed by atoms with E-state index in [4.69, 9.17) is 5.73 Å². The van der Waals surface area contributed by atoms with E-state index in [-0.39, 0.29) is 18.4 Å². The van der Waals surface area contributed by atoms with Gasteiger partial charge in [-0.1, -0.05) is 0 Å². The van der Waals surface area contributed by atoms with Crippen LogP contribution in [0.25, 0.3) is 0 Å². The fourth-order valence-corrected chi connectivity index (χ4v) is 1.17. The third-order valence-corrected chi connectivity index (χ3v) is 1.65. The summed E-state index contributed by atoms with van der Waals surface area (Å²) in [5.74, 6) is 0. The molecule has 0 aromatic carbocycles. The molecule has 1 nitrogen and oxygen atoms in total. The van der Waals surface area contributed by atoms with Gasteiger partial charge in [-0.05, 0) is 25.7 Å². The maximum absolute atomic E-state index is 12.4. The monoisotopic (exact) mass is 153 g/mol. The van der Waals surface area contributed by atoms with Gasteiger partial charge in [0.15, 0.2) is 0 Å². The lowest BCUT2D eigenvalue weighted by molar-refractivity contribution is 0.232. The normalized spacial score (nSPS) is 35.3. The summed E-state index contributed by atoms with van der Waals surface area (Å²) in [6.45, 7) is 0. The Morgan fingerprint density at radius 3 is 2.33 bits per heavy atom. The van der Waals surface area contributed by atoms with Crippen LogP contribution in [0, 0.1) is 0 Å². The maximum Gasteiger partial charge on any atom is 0.102 e. The van der Waals surface area contributed by atoms with Gasteiger partial charge in [0.1, 0.15) is 6.17 Å². The van der Waals surface area contributed by atoms with Crippen LogP contribution in [0.15, 0.2) is 0 Å². The third kappa shape index (κ3) is 3.01. The molecule has 56 valence electrons. The highest BCUT2D eigenvalue weighted by Gasteiger charge is 2.17. The van der Waals surface area contributed by atoms with Crippen molar-refractivity contribution >= 4 is 12.4 Å². The molecule has 1 rings (SSSR count). The molecule has 0 amide bonds. The zero-order valence-electron chi connectivity index (χ0n) is 5.35. The Balaban J connectivity index is 0.000000640. The van der Waals surface area contributed by atoms with E-state index >= 15 is 0 Å². The highest BCUT2D eigenvalue weighted by Crippen LogP contribution is 2.18. The molecule has 0 bridgehead atoms. The molecule has 1 aliphatic rings. The minimum absolute atomic E-state index is 0. The molecule has 1 fully saturated rings. The summed E-state index contributed by atoms with van der Waals surface area (Å²) in [5.41, 5.74) is 5.49. The van der Waals surface area contributed by atoms with E-state index in [1.807, 2.05) is 0 Å². The topological polar surface area (TPSA) is 26.0 Å². The standard InChI is InChI=1S/C6H12FN.ClH/c7-5-2-1-3-6(8)4-5;/h5-6H,1-4,8H2;1H/t5-,6+;/m0./s1. The molecule has 0 unspecified atom stereocenters. The first-order valence-corrected chi connectivity index (χ1v) is 3.18. The minimum atomic E-state index is -0.612. The first-order chi connectivity index (χ1) is 3.79. The summed E-state index contributed by atoms with van der Waals surface area (Å²) in [7, 11) is 0. The van der Waals surface area contributed by atoms with Crippen LogP contribution >= 0.6 is 12.4 Å².